The van der Waals surface area contributed by atoms with E-state index in [2.05, 4.69) is 0 Å². The van der Waals surface area contributed by atoms with Crippen molar-refractivity contribution < 1.29 is 28.8 Å². The molecule has 0 saturated carbocycles. The van der Waals surface area contributed by atoms with Crippen LogP contribution in [0.2, 0.25) is 0 Å². The minimum atomic E-state index is -0.356. The van der Waals surface area contributed by atoms with E-state index in [1.807, 2.05) is 52.0 Å². The van der Waals surface area contributed by atoms with Gasteiger partial charge in [-0.3, -0.25) is 4.79 Å². The Labute approximate surface area is 219 Å². The molecular weight excluding hydrogens is 468 g/mol. The number of carbonyl (C=O) groups excluding carboxylic acids is 1. The van der Waals surface area contributed by atoms with E-state index >= 15 is 0 Å². The van der Waals surface area contributed by atoms with E-state index in [0.29, 0.717) is 36.2 Å². The second-order valence-electron chi connectivity index (χ2n) is 8.64. The molecule has 6 heteroatoms. The molecule has 0 saturated heterocycles. The van der Waals surface area contributed by atoms with Crippen molar-refractivity contribution in [2.75, 3.05) is 27.4 Å². The second kappa shape index (κ2) is 15.0. The lowest BCUT2D eigenvalue weighted by Gasteiger charge is -2.10. The molecule has 6 nitrogen and oxygen atoms in total. The molecule has 0 unspecified atom stereocenters. The Morgan fingerprint density at radius 2 is 1.19 bits per heavy atom. The van der Waals surface area contributed by atoms with Crippen LogP contribution in [-0.4, -0.2) is 38.3 Å². The number of aliphatic hydroxyl groups excluding tert-OH is 1. The van der Waals surface area contributed by atoms with Gasteiger partial charge in [-0.25, -0.2) is 0 Å². The minimum absolute atomic E-state index is 0.168. The Morgan fingerprint density at radius 3 is 1.62 bits per heavy atom. The van der Waals surface area contributed by atoms with E-state index in [1.165, 1.54) is 23.3 Å². The van der Waals surface area contributed by atoms with Crippen LogP contribution in [0.25, 0.3) is 12.2 Å². The lowest BCUT2D eigenvalue weighted by Crippen LogP contribution is -1.97. The average Bonchev–Trinajstić information content (AvgIpc) is 2.86. The average molecular weight is 505 g/mol. The maximum absolute atomic E-state index is 12.3. The fourth-order valence-corrected chi connectivity index (χ4v) is 3.01. The predicted octanol–water partition coefficient (Wildman–Crippen LogP) is 7.13. The van der Waals surface area contributed by atoms with Crippen molar-refractivity contribution in [1.29, 1.82) is 0 Å². The summed E-state index contributed by atoms with van der Waals surface area (Å²) in [5.41, 5.74) is 3.89. The Morgan fingerprint density at radius 1 is 0.730 bits per heavy atom. The minimum Gasteiger partial charge on any atom is -0.508 e. The zero-order valence-corrected chi connectivity index (χ0v) is 22.4. The molecule has 0 radical (unpaired) electrons. The number of ether oxygens (including phenoxy) is 4. The largest absolute Gasteiger partial charge is 0.508 e. The van der Waals surface area contributed by atoms with Gasteiger partial charge < -0.3 is 24.1 Å². The third-order valence-electron chi connectivity index (χ3n) is 5.01. The molecule has 0 heterocycles. The molecule has 37 heavy (non-hydrogen) atoms. The molecule has 0 atom stereocenters. The second-order valence-corrected chi connectivity index (χ2v) is 8.64. The van der Waals surface area contributed by atoms with Crippen LogP contribution in [0, 0.1) is 0 Å². The van der Waals surface area contributed by atoms with Gasteiger partial charge in [0.25, 0.3) is 0 Å². The Balaban J connectivity index is 2.03. The van der Waals surface area contributed by atoms with Gasteiger partial charge in [-0.15, -0.1) is 0 Å². The van der Waals surface area contributed by atoms with Crippen LogP contribution in [0.1, 0.15) is 38.8 Å². The predicted molar refractivity (Wildman–Crippen MR) is 150 cm³/mol. The molecule has 0 bridgehead atoms. The highest BCUT2D eigenvalue weighted by Crippen LogP contribution is 2.29. The topological polar surface area (TPSA) is 74.2 Å². The van der Waals surface area contributed by atoms with E-state index in [-0.39, 0.29) is 11.5 Å². The first-order chi connectivity index (χ1) is 17.7. The van der Waals surface area contributed by atoms with Crippen molar-refractivity contribution in [3.63, 3.8) is 0 Å². The molecule has 0 aliphatic heterocycles. The number of hydrogen-bond donors (Lipinski definition) is 1. The Hall–Kier alpha value is -4.19. The van der Waals surface area contributed by atoms with Gasteiger partial charge in [-0.2, -0.15) is 0 Å². The number of benzene rings is 2. The third-order valence-corrected chi connectivity index (χ3v) is 5.01. The molecule has 2 aromatic carbocycles. The Kier molecular flexibility index (Phi) is 11.8. The van der Waals surface area contributed by atoms with Gasteiger partial charge in [0.1, 0.15) is 19.0 Å². The standard InChI is InChI=1S/C31H36O6/c1-22(2)15-17-36-28-13-9-24(19-30(28)34-5)7-11-26(32)21-27(33)12-8-25-10-14-29(31(20-25)35-6)37-18-16-23(3)4/h7-16,19-21,32H,17-18H2,1-6H3/b11-7+,12-8+,26-21-. The quantitative estimate of drug-likeness (QED) is 0.135. The van der Waals surface area contributed by atoms with E-state index in [0.717, 1.165) is 17.2 Å². The van der Waals surface area contributed by atoms with E-state index in [1.54, 1.807) is 50.6 Å². The van der Waals surface area contributed by atoms with Crippen LogP contribution in [-0.2, 0) is 4.79 Å². The van der Waals surface area contributed by atoms with Crippen LogP contribution in [0.5, 0.6) is 23.0 Å². The summed E-state index contributed by atoms with van der Waals surface area (Å²) in [7, 11) is 3.13. The monoisotopic (exact) mass is 504 g/mol. The first-order valence-electron chi connectivity index (χ1n) is 11.9. The zero-order valence-electron chi connectivity index (χ0n) is 22.4. The lowest BCUT2D eigenvalue weighted by atomic mass is 10.1. The molecule has 0 spiro atoms. The molecule has 196 valence electrons. The number of methoxy groups -OCH3 is 2. The molecule has 2 rings (SSSR count). The summed E-state index contributed by atoms with van der Waals surface area (Å²) in [4.78, 5) is 12.3. The van der Waals surface area contributed by atoms with Gasteiger partial charge in [0.15, 0.2) is 28.8 Å². The van der Waals surface area contributed by atoms with Gasteiger partial charge in [-0.1, -0.05) is 35.4 Å². The van der Waals surface area contributed by atoms with Crippen LogP contribution in [0.4, 0.5) is 0 Å². The summed E-state index contributed by atoms with van der Waals surface area (Å²) in [5.74, 6) is 1.87. The SMILES string of the molecule is COc1cc(/C=C/C(=O)/C=C(O)/C=C/c2ccc(OCC=C(C)C)c(OC)c2)ccc1OCC=C(C)C. The van der Waals surface area contributed by atoms with Crippen LogP contribution in [0.15, 0.2) is 83.7 Å². The van der Waals surface area contributed by atoms with Gasteiger partial charge in [0, 0.05) is 6.08 Å². The first kappa shape index (κ1) is 29.0. The number of rotatable bonds is 13. The zero-order chi connectivity index (χ0) is 27.2. The number of allylic oxidation sites excluding steroid dienone is 5. The number of ketones is 1. The van der Waals surface area contributed by atoms with Gasteiger partial charge in [0.2, 0.25) is 0 Å². The fourth-order valence-electron chi connectivity index (χ4n) is 3.01. The highest BCUT2D eigenvalue weighted by atomic mass is 16.5. The van der Waals surface area contributed by atoms with Crippen molar-refractivity contribution in [3.8, 4) is 23.0 Å². The van der Waals surface area contributed by atoms with Crippen molar-refractivity contribution in [2.24, 2.45) is 0 Å². The maximum Gasteiger partial charge on any atom is 0.182 e. The molecule has 0 aromatic heterocycles. The van der Waals surface area contributed by atoms with E-state index in [9.17, 15) is 9.90 Å². The molecule has 0 aliphatic rings. The fraction of sp³-hybridized carbons (Fsp3) is 0.258. The summed E-state index contributed by atoms with van der Waals surface area (Å²) >= 11 is 0. The number of aliphatic hydroxyl groups is 1. The highest BCUT2D eigenvalue weighted by molar-refractivity contribution is 6.02. The highest BCUT2D eigenvalue weighted by Gasteiger charge is 2.06. The van der Waals surface area contributed by atoms with Crippen LogP contribution in [0.3, 0.4) is 0 Å². The molecule has 0 fully saturated rings. The molecule has 1 N–H and O–H groups in total. The van der Waals surface area contributed by atoms with Crippen LogP contribution >= 0.6 is 0 Å². The van der Waals surface area contributed by atoms with E-state index < -0.39 is 0 Å². The smallest absolute Gasteiger partial charge is 0.182 e. The number of hydrogen-bond acceptors (Lipinski definition) is 6. The van der Waals surface area contributed by atoms with Crippen LogP contribution < -0.4 is 18.9 Å². The first-order valence-corrected chi connectivity index (χ1v) is 11.9. The van der Waals surface area contributed by atoms with Crippen molar-refractivity contribution in [1.82, 2.24) is 0 Å². The molecule has 0 amide bonds. The van der Waals surface area contributed by atoms with Crippen molar-refractivity contribution >= 4 is 17.9 Å². The van der Waals surface area contributed by atoms with Crippen molar-refractivity contribution in [2.45, 2.75) is 27.7 Å². The third kappa shape index (κ3) is 10.5. The normalized spacial score (nSPS) is 11.4. The maximum atomic E-state index is 12.3. The summed E-state index contributed by atoms with van der Waals surface area (Å²) in [6.07, 6.45) is 11.3. The van der Waals surface area contributed by atoms with Crippen molar-refractivity contribution in [3.05, 3.63) is 94.8 Å². The Bertz CT molecular complexity index is 1210. The molecular formula is C31H36O6. The summed E-state index contributed by atoms with van der Waals surface area (Å²) in [6.45, 7) is 8.93. The summed E-state index contributed by atoms with van der Waals surface area (Å²) < 4.78 is 22.2. The lowest BCUT2D eigenvalue weighted by molar-refractivity contribution is -0.110. The van der Waals surface area contributed by atoms with Gasteiger partial charge in [-0.05, 0) is 87.4 Å². The van der Waals surface area contributed by atoms with Gasteiger partial charge >= 0.3 is 0 Å². The van der Waals surface area contributed by atoms with Gasteiger partial charge in [0.05, 0.1) is 14.2 Å². The molecule has 2 aromatic rings. The van der Waals surface area contributed by atoms with E-state index in [4.69, 9.17) is 18.9 Å². The number of carbonyl (C=O) groups is 1. The summed E-state index contributed by atoms with van der Waals surface area (Å²) in [6, 6.07) is 10.8. The molecule has 0 aliphatic carbocycles. The summed E-state index contributed by atoms with van der Waals surface area (Å²) in [5, 5.41) is 10.2.